The second kappa shape index (κ2) is 8.03. The van der Waals surface area contributed by atoms with Crippen LogP contribution in [0, 0.1) is 31.1 Å². The molecule has 0 saturated carbocycles. The number of nitrogens with one attached hydrogen (secondary N) is 1. The van der Waals surface area contributed by atoms with Crippen LogP contribution in [0.3, 0.4) is 0 Å². The van der Waals surface area contributed by atoms with E-state index >= 15 is 0 Å². The summed E-state index contributed by atoms with van der Waals surface area (Å²) < 4.78 is 0. The van der Waals surface area contributed by atoms with Crippen molar-refractivity contribution < 1.29 is 9.90 Å². The summed E-state index contributed by atoms with van der Waals surface area (Å²) in [4.78, 5) is 19.4. The van der Waals surface area contributed by atoms with E-state index in [0.29, 0.717) is 37.2 Å². The molecule has 0 unspecified atom stereocenters. The van der Waals surface area contributed by atoms with Crippen LogP contribution in [0.2, 0.25) is 0 Å². The van der Waals surface area contributed by atoms with Crippen molar-refractivity contribution in [3.05, 3.63) is 59.3 Å². The fourth-order valence-corrected chi connectivity index (χ4v) is 4.25. The summed E-state index contributed by atoms with van der Waals surface area (Å²) in [6.07, 6.45) is 3.01. The van der Waals surface area contributed by atoms with Crippen LogP contribution in [0.5, 0.6) is 5.75 Å². The van der Waals surface area contributed by atoms with E-state index in [1.807, 2.05) is 13.8 Å². The Morgan fingerprint density at radius 3 is 2.67 bits per heavy atom. The number of benzene rings is 2. The summed E-state index contributed by atoms with van der Waals surface area (Å²) in [6, 6.07) is 13.2. The Balaban J connectivity index is 1.56. The van der Waals surface area contributed by atoms with Crippen molar-refractivity contribution in [1.29, 1.82) is 5.26 Å². The van der Waals surface area contributed by atoms with Crippen molar-refractivity contribution in [2.24, 2.45) is 5.92 Å². The third-order valence-corrected chi connectivity index (χ3v) is 5.74. The molecule has 1 aliphatic rings. The van der Waals surface area contributed by atoms with Gasteiger partial charge in [0.25, 0.3) is 0 Å². The molecule has 0 radical (unpaired) electrons. The van der Waals surface area contributed by atoms with E-state index in [1.165, 1.54) is 0 Å². The Bertz CT molecular complexity index is 1160. The van der Waals surface area contributed by atoms with E-state index in [0.717, 1.165) is 27.7 Å². The Kier molecular flexibility index (Phi) is 5.28. The highest BCUT2D eigenvalue weighted by atomic mass is 16.3. The lowest BCUT2D eigenvalue weighted by Gasteiger charge is -2.34. The fraction of sp³-hybridized carbons (Fsp3) is 0.292. The molecule has 1 aliphatic heterocycles. The fourth-order valence-electron chi connectivity index (χ4n) is 4.25. The molecule has 1 amide bonds. The molecular formula is C24H24N4O2. The van der Waals surface area contributed by atoms with Crippen molar-refractivity contribution in [2.75, 3.05) is 23.3 Å². The van der Waals surface area contributed by atoms with Gasteiger partial charge in [0, 0.05) is 30.6 Å². The third kappa shape index (κ3) is 3.67. The molecule has 3 aromatic rings. The highest BCUT2D eigenvalue weighted by molar-refractivity contribution is 5.97. The van der Waals surface area contributed by atoms with Crippen molar-refractivity contribution in [3.8, 4) is 11.8 Å². The monoisotopic (exact) mass is 400 g/mol. The van der Waals surface area contributed by atoms with E-state index < -0.39 is 0 Å². The summed E-state index contributed by atoms with van der Waals surface area (Å²) in [6.45, 7) is 5.44. The molecule has 30 heavy (non-hydrogen) atoms. The van der Waals surface area contributed by atoms with Gasteiger partial charge in [-0.05, 0) is 50.5 Å². The number of aromatic nitrogens is 1. The summed E-state index contributed by atoms with van der Waals surface area (Å²) in [5.41, 5.74) is 5.04. The number of piperidine rings is 1. The molecule has 2 heterocycles. The Morgan fingerprint density at radius 1 is 1.23 bits per heavy atom. The van der Waals surface area contributed by atoms with Gasteiger partial charge in [0.05, 0.1) is 22.5 Å². The molecule has 2 aromatic carbocycles. The zero-order chi connectivity index (χ0) is 21.3. The van der Waals surface area contributed by atoms with E-state index in [1.54, 1.807) is 30.5 Å². The maximum absolute atomic E-state index is 12.7. The van der Waals surface area contributed by atoms with Gasteiger partial charge in [-0.2, -0.15) is 5.26 Å². The molecule has 1 saturated heterocycles. The molecule has 152 valence electrons. The number of carbonyl (C=O) groups is 1. The van der Waals surface area contributed by atoms with Crippen molar-refractivity contribution >= 4 is 28.2 Å². The number of carbonyl (C=O) groups excluding carboxylic acids is 1. The number of amides is 1. The number of aromatic hydroxyl groups is 1. The second-order valence-electron chi connectivity index (χ2n) is 7.88. The number of pyridine rings is 1. The van der Waals surface area contributed by atoms with Crippen LogP contribution >= 0.6 is 0 Å². The van der Waals surface area contributed by atoms with E-state index in [9.17, 15) is 15.2 Å². The van der Waals surface area contributed by atoms with Gasteiger partial charge in [-0.3, -0.25) is 9.78 Å². The molecular weight excluding hydrogens is 376 g/mol. The minimum absolute atomic E-state index is 0.0657. The molecule has 6 nitrogen and oxygen atoms in total. The largest absolute Gasteiger partial charge is 0.506 e. The maximum atomic E-state index is 12.7. The highest BCUT2D eigenvalue weighted by Gasteiger charge is 2.28. The molecule has 1 fully saturated rings. The number of hydrogen-bond donors (Lipinski definition) is 2. The summed E-state index contributed by atoms with van der Waals surface area (Å²) in [7, 11) is 0. The zero-order valence-corrected chi connectivity index (χ0v) is 17.1. The third-order valence-electron chi connectivity index (χ3n) is 5.74. The average Bonchev–Trinajstić information content (AvgIpc) is 2.74. The van der Waals surface area contributed by atoms with Gasteiger partial charge in [-0.15, -0.1) is 0 Å². The van der Waals surface area contributed by atoms with E-state index in [4.69, 9.17) is 0 Å². The SMILES string of the molecule is Cc1cc(C)c2ncc(C#N)c(N3CCC(C(=O)Nc4ccccc4O)CC3)c2c1. The number of nitriles is 1. The average molecular weight is 400 g/mol. The number of aryl methyl sites for hydroxylation is 2. The van der Waals surface area contributed by atoms with Gasteiger partial charge in [0.15, 0.2) is 0 Å². The van der Waals surface area contributed by atoms with Crippen LogP contribution < -0.4 is 10.2 Å². The smallest absolute Gasteiger partial charge is 0.227 e. The molecule has 2 N–H and O–H groups in total. The molecule has 0 atom stereocenters. The van der Waals surface area contributed by atoms with Gasteiger partial charge < -0.3 is 15.3 Å². The molecule has 0 bridgehead atoms. The van der Waals surface area contributed by atoms with Gasteiger partial charge in [0.2, 0.25) is 5.91 Å². The molecule has 6 heteroatoms. The second-order valence-corrected chi connectivity index (χ2v) is 7.88. The van der Waals surface area contributed by atoms with Crippen molar-refractivity contribution in [1.82, 2.24) is 4.98 Å². The number of phenols is 1. The van der Waals surface area contributed by atoms with E-state index in [2.05, 4.69) is 33.4 Å². The van der Waals surface area contributed by atoms with E-state index in [-0.39, 0.29) is 17.6 Å². The lowest BCUT2D eigenvalue weighted by molar-refractivity contribution is -0.120. The zero-order valence-electron chi connectivity index (χ0n) is 17.1. The Morgan fingerprint density at radius 2 is 1.97 bits per heavy atom. The predicted octanol–water partition coefficient (Wildman–Crippen LogP) is 4.28. The molecule has 1 aromatic heterocycles. The number of phenolic OH excluding ortho intramolecular Hbond substituents is 1. The quantitative estimate of drug-likeness (QED) is 0.641. The summed E-state index contributed by atoms with van der Waals surface area (Å²) in [5, 5.41) is 23.4. The lowest BCUT2D eigenvalue weighted by atomic mass is 9.94. The van der Waals surface area contributed by atoms with Gasteiger partial charge >= 0.3 is 0 Å². The van der Waals surface area contributed by atoms with Gasteiger partial charge in [-0.1, -0.05) is 23.8 Å². The first-order valence-corrected chi connectivity index (χ1v) is 10.1. The van der Waals surface area contributed by atoms with Crippen LogP contribution in [-0.4, -0.2) is 29.1 Å². The van der Waals surface area contributed by atoms with Crippen LogP contribution in [0.25, 0.3) is 10.9 Å². The van der Waals surface area contributed by atoms with Crippen molar-refractivity contribution in [2.45, 2.75) is 26.7 Å². The first kappa shape index (κ1) is 19.7. The van der Waals surface area contributed by atoms with Crippen LogP contribution in [0.15, 0.2) is 42.6 Å². The van der Waals surface area contributed by atoms with Gasteiger partial charge in [0.1, 0.15) is 11.8 Å². The first-order chi connectivity index (χ1) is 14.5. The molecule has 4 rings (SSSR count). The molecule has 0 spiro atoms. The number of rotatable bonds is 3. The predicted molar refractivity (Wildman–Crippen MR) is 118 cm³/mol. The number of para-hydroxylation sites is 2. The summed E-state index contributed by atoms with van der Waals surface area (Å²) in [5.74, 6) is -0.151. The van der Waals surface area contributed by atoms with Crippen LogP contribution in [-0.2, 0) is 4.79 Å². The topological polar surface area (TPSA) is 89.2 Å². The number of hydrogen-bond acceptors (Lipinski definition) is 5. The Labute approximate surface area is 175 Å². The van der Waals surface area contributed by atoms with Gasteiger partial charge in [-0.25, -0.2) is 0 Å². The van der Waals surface area contributed by atoms with Crippen LogP contribution in [0.4, 0.5) is 11.4 Å². The number of nitrogens with zero attached hydrogens (tertiary/aromatic N) is 3. The summed E-state index contributed by atoms with van der Waals surface area (Å²) >= 11 is 0. The standard InChI is InChI=1S/C24H24N4O2/c1-15-11-16(2)22-19(12-15)23(18(13-25)14-26-22)28-9-7-17(8-10-28)24(30)27-20-5-3-4-6-21(20)29/h3-6,11-12,14,17,29H,7-10H2,1-2H3,(H,27,30). The van der Waals surface area contributed by atoms with Crippen molar-refractivity contribution in [3.63, 3.8) is 0 Å². The Hall–Kier alpha value is -3.59. The highest BCUT2D eigenvalue weighted by Crippen LogP contribution is 2.34. The minimum Gasteiger partial charge on any atom is -0.506 e. The first-order valence-electron chi connectivity index (χ1n) is 10.1. The lowest BCUT2D eigenvalue weighted by Crippen LogP contribution is -2.38. The number of fused-ring (bicyclic) bond motifs is 1. The normalized spacial score (nSPS) is 14.5. The van der Waals surface area contributed by atoms with Crippen LogP contribution in [0.1, 0.15) is 29.5 Å². The molecule has 0 aliphatic carbocycles. The number of anilines is 2. The minimum atomic E-state index is -0.136. The maximum Gasteiger partial charge on any atom is 0.227 e.